The monoisotopic (exact) mass is 300 g/mol. The fourth-order valence-corrected chi connectivity index (χ4v) is 3.74. The average molecular weight is 301 g/mol. The Kier molecular flexibility index (Phi) is 6.13. The number of alkyl halides is 1. The van der Waals surface area contributed by atoms with Crippen LogP contribution in [-0.4, -0.2) is 26.6 Å². The molecule has 4 nitrogen and oxygen atoms in total. The number of anilines is 1. The summed E-state index contributed by atoms with van der Waals surface area (Å²) in [6.07, 6.45) is 0.156. The summed E-state index contributed by atoms with van der Waals surface area (Å²) in [4.78, 5) is 0. The molecule has 0 aliphatic carbocycles. The zero-order valence-corrected chi connectivity index (χ0v) is 12.4. The maximum atomic E-state index is 12.4. The topological polar surface area (TPSA) is 61.2 Å². The maximum absolute atomic E-state index is 12.4. The number of hydrogen-bond donors (Lipinski definition) is 0. The number of nitrogens with zero attached hydrogens (tertiary/aromatic N) is 2. The maximum Gasteiger partial charge on any atom is 0.235 e. The second kappa shape index (κ2) is 7.37. The first kappa shape index (κ1) is 15.8. The van der Waals surface area contributed by atoms with Gasteiger partial charge in [-0.25, -0.2) is 8.42 Å². The lowest BCUT2D eigenvalue weighted by Gasteiger charge is -2.24. The third-order valence-electron chi connectivity index (χ3n) is 2.57. The van der Waals surface area contributed by atoms with Crippen molar-refractivity contribution in [3.05, 3.63) is 30.3 Å². The van der Waals surface area contributed by atoms with E-state index in [1.165, 1.54) is 4.31 Å². The van der Waals surface area contributed by atoms with E-state index in [1.54, 1.807) is 31.2 Å². The third-order valence-corrected chi connectivity index (χ3v) is 5.15. The molecule has 0 heterocycles. The van der Waals surface area contributed by atoms with Crippen LogP contribution < -0.4 is 4.31 Å². The van der Waals surface area contributed by atoms with Crippen LogP contribution in [0.3, 0.4) is 0 Å². The molecule has 0 saturated carbocycles. The van der Waals surface area contributed by atoms with Gasteiger partial charge < -0.3 is 0 Å². The van der Waals surface area contributed by atoms with Gasteiger partial charge in [0.25, 0.3) is 0 Å². The van der Waals surface area contributed by atoms with Crippen molar-refractivity contribution in [3.8, 4) is 6.07 Å². The predicted octanol–water partition coefficient (Wildman–Crippen LogP) is 2.61. The van der Waals surface area contributed by atoms with E-state index >= 15 is 0 Å². The zero-order valence-electron chi connectivity index (χ0n) is 10.8. The molecule has 1 atom stereocenters. The molecule has 0 saturated heterocycles. The number of sulfonamides is 1. The van der Waals surface area contributed by atoms with Crippen molar-refractivity contribution in [3.63, 3.8) is 0 Å². The molecule has 1 aromatic rings. The highest BCUT2D eigenvalue weighted by Gasteiger charge is 2.24. The van der Waals surface area contributed by atoms with E-state index in [0.29, 0.717) is 11.6 Å². The van der Waals surface area contributed by atoms with Crippen LogP contribution in [0.15, 0.2) is 30.3 Å². The molecule has 0 N–H and O–H groups in total. The molecule has 1 unspecified atom stereocenters. The summed E-state index contributed by atoms with van der Waals surface area (Å²) in [5, 5.41) is 8.66. The summed E-state index contributed by atoms with van der Waals surface area (Å²) >= 11 is 5.68. The van der Waals surface area contributed by atoms with Gasteiger partial charge in [0.2, 0.25) is 10.0 Å². The van der Waals surface area contributed by atoms with Gasteiger partial charge in [-0.2, -0.15) is 5.26 Å². The first-order valence-corrected chi connectivity index (χ1v) is 8.14. The molecule has 104 valence electrons. The van der Waals surface area contributed by atoms with Crippen molar-refractivity contribution in [1.29, 1.82) is 5.26 Å². The van der Waals surface area contributed by atoms with Gasteiger partial charge in [-0.15, -0.1) is 11.6 Å². The standard InChI is InChI=1S/C13H17ClN2O2S/c1-12(10-14)11-19(17,18)16(9-5-8-15)13-6-3-2-4-7-13/h2-4,6-7,12H,5,9-11H2,1H3. The molecular weight excluding hydrogens is 284 g/mol. The Bertz CT molecular complexity index is 525. The Labute approximate surface area is 119 Å². The van der Waals surface area contributed by atoms with E-state index in [9.17, 15) is 8.42 Å². The van der Waals surface area contributed by atoms with Crippen LogP contribution in [-0.2, 0) is 10.0 Å². The van der Waals surface area contributed by atoms with Gasteiger partial charge in [0, 0.05) is 12.4 Å². The van der Waals surface area contributed by atoms with E-state index in [0.717, 1.165) is 0 Å². The number of halogens is 1. The SMILES string of the molecule is CC(CCl)CS(=O)(=O)N(CCC#N)c1ccccc1. The quantitative estimate of drug-likeness (QED) is 0.727. The molecule has 0 spiro atoms. The highest BCUT2D eigenvalue weighted by atomic mass is 35.5. The van der Waals surface area contributed by atoms with Crippen LogP contribution in [0.5, 0.6) is 0 Å². The van der Waals surface area contributed by atoms with Crippen LogP contribution in [0.4, 0.5) is 5.69 Å². The van der Waals surface area contributed by atoms with E-state index in [2.05, 4.69) is 0 Å². The Morgan fingerprint density at radius 2 is 2.00 bits per heavy atom. The fraction of sp³-hybridized carbons (Fsp3) is 0.462. The molecule has 0 fully saturated rings. The van der Waals surface area contributed by atoms with Crippen molar-refractivity contribution >= 4 is 27.3 Å². The molecule has 0 aromatic heterocycles. The number of benzene rings is 1. The Hall–Kier alpha value is -1.25. The highest BCUT2D eigenvalue weighted by molar-refractivity contribution is 7.92. The van der Waals surface area contributed by atoms with Gasteiger partial charge in [0.15, 0.2) is 0 Å². The minimum absolute atomic E-state index is 0.0170. The van der Waals surface area contributed by atoms with E-state index < -0.39 is 10.0 Å². The van der Waals surface area contributed by atoms with Gasteiger partial charge in [0.1, 0.15) is 0 Å². The first-order valence-electron chi connectivity index (χ1n) is 5.99. The minimum atomic E-state index is -3.46. The first-order chi connectivity index (χ1) is 9.01. The van der Waals surface area contributed by atoms with E-state index in [1.807, 2.05) is 12.1 Å². The lowest BCUT2D eigenvalue weighted by Crippen LogP contribution is -2.36. The molecule has 1 aromatic carbocycles. The molecular formula is C13H17ClN2O2S. The van der Waals surface area contributed by atoms with Gasteiger partial charge >= 0.3 is 0 Å². The summed E-state index contributed by atoms with van der Waals surface area (Å²) in [5.74, 6) is 0.150. The average Bonchev–Trinajstić information content (AvgIpc) is 2.39. The van der Waals surface area contributed by atoms with Gasteiger partial charge in [-0.3, -0.25) is 4.31 Å². The van der Waals surface area contributed by atoms with Gasteiger partial charge in [0.05, 0.1) is 23.9 Å². The summed E-state index contributed by atoms with van der Waals surface area (Å²) in [6, 6.07) is 10.8. The van der Waals surface area contributed by atoms with Gasteiger partial charge in [-0.05, 0) is 18.1 Å². The van der Waals surface area contributed by atoms with Crippen molar-refractivity contribution in [1.82, 2.24) is 0 Å². The molecule has 0 amide bonds. The van der Waals surface area contributed by atoms with Crippen LogP contribution in [0.2, 0.25) is 0 Å². The Morgan fingerprint density at radius 1 is 1.37 bits per heavy atom. The smallest absolute Gasteiger partial charge is 0.235 e. The molecule has 6 heteroatoms. The van der Waals surface area contributed by atoms with Gasteiger partial charge in [-0.1, -0.05) is 25.1 Å². The van der Waals surface area contributed by atoms with Crippen LogP contribution in [0.1, 0.15) is 13.3 Å². The summed E-state index contributed by atoms with van der Waals surface area (Å²) in [7, 11) is -3.46. The molecule has 19 heavy (non-hydrogen) atoms. The minimum Gasteiger partial charge on any atom is -0.269 e. The van der Waals surface area contributed by atoms with E-state index in [4.69, 9.17) is 16.9 Å². The highest BCUT2D eigenvalue weighted by Crippen LogP contribution is 2.20. The van der Waals surface area contributed by atoms with Crippen molar-refractivity contribution in [2.75, 3.05) is 22.5 Å². The summed E-state index contributed by atoms with van der Waals surface area (Å²) in [5.41, 5.74) is 0.583. The molecule has 1 rings (SSSR count). The number of rotatable bonds is 7. The summed E-state index contributed by atoms with van der Waals surface area (Å²) in [6.45, 7) is 1.95. The van der Waals surface area contributed by atoms with Crippen molar-refractivity contribution < 1.29 is 8.42 Å². The zero-order chi connectivity index (χ0) is 14.3. The predicted molar refractivity (Wildman–Crippen MR) is 77.7 cm³/mol. The third kappa shape index (κ3) is 4.73. The van der Waals surface area contributed by atoms with Crippen LogP contribution in [0, 0.1) is 17.2 Å². The number of nitriles is 1. The van der Waals surface area contributed by atoms with Crippen molar-refractivity contribution in [2.45, 2.75) is 13.3 Å². The Morgan fingerprint density at radius 3 is 2.53 bits per heavy atom. The second-order valence-electron chi connectivity index (χ2n) is 4.35. The number of hydrogen-bond acceptors (Lipinski definition) is 3. The fourth-order valence-electron chi connectivity index (χ4n) is 1.67. The molecule has 0 radical (unpaired) electrons. The normalized spacial score (nSPS) is 12.7. The lowest BCUT2D eigenvalue weighted by atomic mass is 10.3. The molecule has 0 aliphatic heterocycles. The van der Waals surface area contributed by atoms with Crippen LogP contribution >= 0.6 is 11.6 Å². The van der Waals surface area contributed by atoms with Crippen LogP contribution in [0.25, 0.3) is 0 Å². The Balaban J connectivity index is 3.01. The molecule has 0 bridgehead atoms. The summed E-state index contributed by atoms with van der Waals surface area (Å²) < 4.78 is 26.0. The molecule has 0 aliphatic rings. The number of para-hydroxylation sites is 1. The van der Waals surface area contributed by atoms with E-state index in [-0.39, 0.29) is 24.6 Å². The largest absolute Gasteiger partial charge is 0.269 e. The second-order valence-corrected chi connectivity index (χ2v) is 6.60. The van der Waals surface area contributed by atoms with Crippen molar-refractivity contribution in [2.24, 2.45) is 5.92 Å². The lowest BCUT2D eigenvalue weighted by molar-refractivity contribution is 0.578.